The van der Waals surface area contributed by atoms with Crippen molar-refractivity contribution in [1.82, 2.24) is 0 Å². The number of thiol groups is 1. The second-order valence-corrected chi connectivity index (χ2v) is 3.30. The predicted octanol–water partition coefficient (Wildman–Crippen LogP) is 4.07. The minimum absolute atomic E-state index is 1.01. The van der Waals surface area contributed by atoms with Gasteiger partial charge >= 0.3 is 0 Å². The molecule has 0 aromatic heterocycles. The van der Waals surface area contributed by atoms with Crippen LogP contribution in [0, 0.1) is 6.92 Å². The molecule has 0 amide bonds. The normalized spacial score (nSPS) is 8.45. The highest BCUT2D eigenvalue weighted by Crippen LogP contribution is 2.18. The largest absolute Gasteiger partial charge is 0.143 e. The Morgan fingerprint density at radius 1 is 1.27 bits per heavy atom. The molecule has 0 saturated heterocycles. The number of hydrogen-bond donors (Lipinski definition) is 1. The zero-order chi connectivity index (χ0) is 8.85. The van der Waals surface area contributed by atoms with Crippen molar-refractivity contribution in [1.29, 1.82) is 0 Å². The molecule has 0 N–H and O–H groups in total. The summed E-state index contributed by atoms with van der Waals surface area (Å²) in [5, 5.41) is 0. The zero-order valence-corrected chi connectivity index (χ0v) is 9.54. The lowest BCUT2D eigenvalue weighted by atomic mass is 10.2. The lowest BCUT2D eigenvalue weighted by molar-refractivity contribution is 1.34. The van der Waals surface area contributed by atoms with Crippen LogP contribution in [0.4, 0.5) is 0 Å². The van der Waals surface area contributed by atoms with Crippen LogP contribution in [-0.2, 0) is 0 Å². The lowest BCUT2D eigenvalue weighted by Gasteiger charge is -1.96. The molecule has 0 aliphatic carbocycles. The fourth-order valence-corrected chi connectivity index (χ4v) is 1.14. The third-order valence-electron chi connectivity index (χ3n) is 1.14. The molecule has 0 aliphatic heterocycles. The quantitative estimate of drug-likeness (QED) is 0.641. The first-order valence-electron chi connectivity index (χ1n) is 3.65. The molecule has 1 aromatic rings. The summed E-state index contributed by atoms with van der Waals surface area (Å²) in [6.45, 7) is 6.05. The van der Waals surface area contributed by atoms with Crippen molar-refractivity contribution in [3.63, 3.8) is 0 Å². The number of benzene rings is 1. The maximum atomic E-state index is 4.18. The summed E-state index contributed by atoms with van der Waals surface area (Å²) in [7, 11) is 0. The van der Waals surface area contributed by atoms with Gasteiger partial charge in [-0.15, -0.1) is 12.6 Å². The molecule has 0 saturated carbocycles. The first-order chi connectivity index (χ1) is 5.20. The predicted molar refractivity (Wildman–Crippen MR) is 57.5 cm³/mol. The average Bonchev–Trinajstić information content (AvgIpc) is 2.02. The van der Waals surface area contributed by atoms with Gasteiger partial charge in [0.1, 0.15) is 0 Å². The molecule has 0 radical (unpaired) electrons. The van der Waals surface area contributed by atoms with E-state index in [1.54, 1.807) is 0 Å². The summed E-state index contributed by atoms with van der Waals surface area (Å²) in [6, 6.07) is 5.98. The number of halogens is 1. The molecule has 0 aliphatic rings. The highest BCUT2D eigenvalue weighted by Gasteiger charge is 1.91. The van der Waals surface area contributed by atoms with Crippen molar-refractivity contribution in [3.05, 3.63) is 28.2 Å². The Morgan fingerprint density at radius 3 is 2.18 bits per heavy atom. The molecule has 0 nitrogen and oxygen atoms in total. The summed E-state index contributed by atoms with van der Waals surface area (Å²) in [4.78, 5) is 1.01. The Labute approximate surface area is 82.6 Å². The summed E-state index contributed by atoms with van der Waals surface area (Å²) in [5.41, 5.74) is 1.22. The van der Waals surface area contributed by atoms with Crippen LogP contribution in [0.5, 0.6) is 0 Å². The van der Waals surface area contributed by atoms with Crippen LogP contribution in [-0.4, -0.2) is 0 Å². The Morgan fingerprint density at radius 2 is 1.82 bits per heavy atom. The second kappa shape index (κ2) is 5.67. The highest BCUT2D eigenvalue weighted by molar-refractivity contribution is 9.10. The number of hydrogen-bond acceptors (Lipinski definition) is 1. The van der Waals surface area contributed by atoms with E-state index in [1.165, 1.54) is 5.56 Å². The second-order valence-electron chi connectivity index (χ2n) is 1.93. The van der Waals surface area contributed by atoms with E-state index >= 15 is 0 Å². The van der Waals surface area contributed by atoms with Crippen molar-refractivity contribution in [2.24, 2.45) is 0 Å². The van der Waals surface area contributed by atoms with E-state index < -0.39 is 0 Å². The van der Waals surface area contributed by atoms with Crippen LogP contribution in [0.3, 0.4) is 0 Å². The summed E-state index contributed by atoms with van der Waals surface area (Å²) in [6.07, 6.45) is 0. The molecule has 2 heteroatoms. The minimum Gasteiger partial charge on any atom is -0.143 e. The van der Waals surface area contributed by atoms with Crippen LogP contribution in [0.2, 0.25) is 0 Å². The number of aryl methyl sites for hydroxylation is 1. The Kier molecular flexibility index (Phi) is 5.69. The van der Waals surface area contributed by atoms with Gasteiger partial charge in [-0.1, -0.05) is 29.8 Å². The van der Waals surface area contributed by atoms with E-state index in [9.17, 15) is 0 Å². The van der Waals surface area contributed by atoms with Crippen LogP contribution < -0.4 is 0 Å². The average molecular weight is 233 g/mol. The zero-order valence-electron chi connectivity index (χ0n) is 7.06. The van der Waals surface area contributed by atoms with Gasteiger partial charge in [-0.2, -0.15) is 0 Å². The monoisotopic (exact) mass is 232 g/mol. The topological polar surface area (TPSA) is 0 Å². The fraction of sp³-hybridized carbons (Fsp3) is 0.333. The fourth-order valence-electron chi connectivity index (χ4n) is 0.629. The van der Waals surface area contributed by atoms with Crippen molar-refractivity contribution < 1.29 is 0 Å². The summed E-state index contributed by atoms with van der Waals surface area (Å²) in [5.74, 6) is 0. The van der Waals surface area contributed by atoms with E-state index in [0.29, 0.717) is 0 Å². The third-order valence-corrected chi connectivity index (χ3v) is 2.31. The molecule has 11 heavy (non-hydrogen) atoms. The highest BCUT2D eigenvalue weighted by atomic mass is 79.9. The van der Waals surface area contributed by atoms with Crippen LogP contribution in [0.1, 0.15) is 19.4 Å². The maximum Gasteiger partial charge on any atom is 0.0205 e. The summed E-state index contributed by atoms with van der Waals surface area (Å²) < 4.78 is 1.14. The van der Waals surface area contributed by atoms with E-state index in [4.69, 9.17) is 0 Å². The maximum absolute atomic E-state index is 4.18. The minimum atomic E-state index is 1.01. The summed E-state index contributed by atoms with van der Waals surface area (Å²) >= 11 is 7.58. The first kappa shape index (κ1) is 11.1. The van der Waals surface area contributed by atoms with Gasteiger partial charge in [0, 0.05) is 9.37 Å². The Hall–Kier alpha value is 0.0500. The van der Waals surface area contributed by atoms with Gasteiger partial charge in [-0.05, 0) is 30.7 Å². The van der Waals surface area contributed by atoms with Crippen molar-refractivity contribution in [3.8, 4) is 0 Å². The smallest absolute Gasteiger partial charge is 0.0205 e. The van der Waals surface area contributed by atoms with Crippen molar-refractivity contribution in [2.45, 2.75) is 25.7 Å². The molecule has 1 aromatic carbocycles. The molecule has 0 heterocycles. The molecule has 0 fully saturated rings. The molecule has 62 valence electrons. The van der Waals surface area contributed by atoms with Gasteiger partial charge in [-0.25, -0.2) is 0 Å². The van der Waals surface area contributed by atoms with E-state index in [0.717, 1.165) is 9.37 Å². The van der Waals surface area contributed by atoms with Crippen molar-refractivity contribution >= 4 is 28.6 Å². The third kappa shape index (κ3) is 3.82. The Bertz CT molecular complexity index is 221. The standard InChI is InChI=1S/C7H7BrS.C2H6/c1-5-4-6(9)2-3-7(5)8;1-2/h2-4,9H,1H3;1-2H3. The first-order valence-corrected chi connectivity index (χ1v) is 4.89. The molecular formula is C9H13BrS. The Balaban J connectivity index is 0.000000461. The van der Waals surface area contributed by atoms with E-state index in [-0.39, 0.29) is 0 Å². The van der Waals surface area contributed by atoms with Gasteiger partial charge in [0.05, 0.1) is 0 Å². The molecule has 0 atom stereocenters. The molecule has 0 bridgehead atoms. The van der Waals surface area contributed by atoms with Gasteiger partial charge < -0.3 is 0 Å². The molecule has 1 rings (SSSR count). The molecule has 0 spiro atoms. The SMILES string of the molecule is CC.Cc1cc(S)ccc1Br. The van der Waals surface area contributed by atoms with Gasteiger partial charge in [-0.3, -0.25) is 0 Å². The molecular weight excluding hydrogens is 220 g/mol. The lowest BCUT2D eigenvalue weighted by Crippen LogP contribution is -1.73. The van der Waals surface area contributed by atoms with Crippen LogP contribution in [0.15, 0.2) is 27.6 Å². The van der Waals surface area contributed by atoms with Gasteiger partial charge in [0.25, 0.3) is 0 Å². The molecule has 0 unspecified atom stereocenters. The van der Waals surface area contributed by atoms with E-state index in [2.05, 4.69) is 28.6 Å². The van der Waals surface area contributed by atoms with Crippen LogP contribution >= 0.6 is 28.6 Å². The number of rotatable bonds is 0. The van der Waals surface area contributed by atoms with Gasteiger partial charge in [0.2, 0.25) is 0 Å². The van der Waals surface area contributed by atoms with Crippen molar-refractivity contribution in [2.75, 3.05) is 0 Å². The van der Waals surface area contributed by atoms with Gasteiger partial charge in [0.15, 0.2) is 0 Å². The van der Waals surface area contributed by atoms with Crippen LogP contribution in [0.25, 0.3) is 0 Å². The van der Waals surface area contributed by atoms with E-state index in [1.807, 2.05) is 39.0 Å².